The molecule has 2 saturated heterocycles. The van der Waals surface area contributed by atoms with Gasteiger partial charge in [0.15, 0.2) is 17.0 Å². The van der Waals surface area contributed by atoms with Gasteiger partial charge in [0, 0.05) is 13.1 Å². The monoisotopic (exact) mass is 321 g/mol. The van der Waals surface area contributed by atoms with Crippen molar-refractivity contribution in [2.45, 2.75) is 37.4 Å². The van der Waals surface area contributed by atoms with Gasteiger partial charge in [-0.15, -0.1) is 0 Å². The highest BCUT2D eigenvalue weighted by atomic mass is 16.5. The molecular weight excluding hydrogens is 302 g/mol. The topological polar surface area (TPSA) is 117 Å². The summed E-state index contributed by atoms with van der Waals surface area (Å²) in [4.78, 5) is 14.8. The van der Waals surface area contributed by atoms with Gasteiger partial charge in [-0.2, -0.15) is 0 Å². The standard InChI is InChI=1S/C14H19N5O4/c20-5-8-1-2-11(23-8)19-7-17-12-13(15-6-16-14(12)19)18-3-9(21)10(22)4-18/h6-11,20-22H,1-5H2/t8-,9-,10-,11+/m0/s1. The molecule has 0 radical (unpaired) electrons. The Morgan fingerprint density at radius 2 is 1.91 bits per heavy atom. The van der Waals surface area contributed by atoms with E-state index in [4.69, 9.17) is 4.74 Å². The lowest BCUT2D eigenvalue weighted by Crippen LogP contribution is -2.22. The van der Waals surface area contributed by atoms with E-state index in [0.717, 1.165) is 12.8 Å². The molecule has 124 valence electrons. The minimum Gasteiger partial charge on any atom is -0.394 e. The molecule has 2 aromatic heterocycles. The zero-order chi connectivity index (χ0) is 16.0. The van der Waals surface area contributed by atoms with E-state index in [-0.39, 0.29) is 18.9 Å². The van der Waals surface area contributed by atoms with Crippen LogP contribution < -0.4 is 4.90 Å². The van der Waals surface area contributed by atoms with Crippen LogP contribution in [0.3, 0.4) is 0 Å². The number of ether oxygens (including phenoxy) is 1. The molecule has 4 atom stereocenters. The van der Waals surface area contributed by atoms with Crippen LogP contribution >= 0.6 is 0 Å². The van der Waals surface area contributed by atoms with Crippen molar-refractivity contribution >= 4 is 17.0 Å². The average Bonchev–Trinajstić information content (AvgIpc) is 3.25. The van der Waals surface area contributed by atoms with Crippen molar-refractivity contribution < 1.29 is 20.1 Å². The minimum absolute atomic E-state index is 0.00686. The Balaban J connectivity index is 1.67. The van der Waals surface area contributed by atoms with Gasteiger partial charge in [-0.25, -0.2) is 15.0 Å². The number of anilines is 1. The number of imidazole rings is 1. The lowest BCUT2D eigenvalue weighted by Gasteiger charge is -2.17. The molecule has 9 nitrogen and oxygen atoms in total. The molecule has 2 aliphatic rings. The van der Waals surface area contributed by atoms with Crippen LogP contribution in [-0.2, 0) is 4.74 Å². The van der Waals surface area contributed by atoms with Gasteiger partial charge in [0.05, 0.1) is 31.2 Å². The van der Waals surface area contributed by atoms with Crippen molar-refractivity contribution in [3.63, 3.8) is 0 Å². The summed E-state index contributed by atoms with van der Waals surface area (Å²) in [6.45, 7) is 0.631. The summed E-state index contributed by atoms with van der Waals surface area (Å²) < 4.78 is 7.63. The quantitative estimate of drug-likeness (QED) is 0.662. The van der Waals surface area contributed by atoms with E-state index in [2.05, 4.69) is 15.0 Å². The Kier molecular flexibility index (Phi) is 3.64. The number of aromatic nitrogens is 4. The number of hydrogen-bond acceptors (Lipinski definition) is 8. The Hall–Kier alpha value is -1.81. The highest BCUT2D eigenvalue weighted by Crippen LogP contribution is 2.32. The maximum Gasteiger partial charge on any atom is 0.167 e. The first-order valence-electron chi connectivity index (χ1n) is 7.72. The Morgan fingerprint density at radius 1 is 1.13 bits per heavy atom. The first-order valence-corrected chi connectivity index (χ1v) is 7.72. The molecule has 0 amide bonds. The van der Waals surface area contributed by atoms with Gasteiger partial charge in [-0.3, -0.25) is 4.57 Å². The number of hydrogen-bond donors (Lipinski definition) is 3. The van der Waals surface area contributed by atoms with E-state index < -0.39 is 12.2 Å². The maximum absolute atomic E-state index is 9.73. The largest absolute Gasteiger partial charge is 0.394 e. The summed E-state index contributed by atoms with van der Waals surface area (Å²) >= 11 is 0. The average molecular weight is 321 g/mol. The fraction of sp³-hybridized carbons (Fsp3) is 0.643. The van der Waals surface area contributed by atoms with Crippen molar-refractivity contribution in [2.24, 2.45) is 0 Å². The second-order valence-corrected chi connectivity index (χ2v) is 6.03. The first kappa shape index (κ1) is 14.8. The van der Waals surface area contributed by atoms with E-state index in [1.165, 1.54) is 6.33 Å². The summed E-state index contributed by atoms with van der Waals surface area (Å²) in [7, 11) is 0. The third kappa shape index (κ3) is 2.45. The summed E-state index contributed by atoms with van der Waals surface area (Å²) in [5.74, 6) is 0.598. The highest BCUT2D eigenvalue weighted by molar-refractivity contribution is 5.83. The van der Waals surface area contributed by atoms with E-state index in [1.54, 1.807) is 6.33 Å². The van der Waals surface area contributed by atoms with Crippen LogP contribution in [0.4, 0.5) is 5.82 Å². The van der Waals surface area contributed by atoms with Gasteiger partial charge in [0.25, 0.3) is 0 Å². The van der Waals surface area contributed by atoms with Crippen LogP contribution in [0.15, 0.2) is 12.7 Å². The molecule has 0 aliphatic carbocycles. The number of aliphatic hydroxyl groups is 3. The van der Waals surface area contributed by atoms with Crippen LogP contribution in [0.5, 0.6) is 0 Å². The van der Waals surface area contributed by atoms with Gasteiger partial charge >= 0.3 is 0 Å². The number of β-amino-alcohol motifs (C(OH)–C–C–N with tert-alkyl or cyclic N) is 2. The van der Waals surface area contributed by atoms with Crippen LogP contribution in [-0.4, -0.2) is 72.8 Å². The third-order valence-corrected chi connectivity index (χ3v) is 4.50. The van der Waals surface area contributed by atoms with Crippen molar-refractivity contribution in [3.8, 4) is 0 Å². The van der Waals surface area contributed by atoms with Crippen molar-refractivity contribution in [2.75, 3.05) is 24.6 Å². The third-order valence-electron chi connectivity index (χ3n) is 4.50. The Labute approximate surface area is 132 Å². The molecule has 2 aromatic rings. The van der Waals surface area contributed by atoms with Crippen molar-refractivity contribution in [1.82, 2.24) is 19.5 Å². The Bertz CT molecular complexity index is 698. The highest BCUT2D eigenvalue weighted by Gasteiger charge is 2.33. The van der Waals surface area contributed by atoms with Crippen molar-refractivity contribution in [3.05, 3.63) is 12.7 Å². The predicted molar refractivity (Wildman–Crippen MR) is 79.8 cm³/mol. The van der Waals surface area contributed by atoms with Gasteiger partial charge < -0.3 is 25.0 Å². The second kappa shape index (κ2) is 5.68. The lowest BCUT2D eigenvalue weighted by molar-refractivity contribution is -0.0207. The molecule has 3 N–H and O–H groups in total. The minimum atomic E-state index is -0.787. The molecule has 0 bridgehead atoms. The lowest BCUT2D eigenvalue weighted by atomic mass is 10.2. The fourth-order valence-corrected chi connectivity index (χ4v) is 3.25. The van der Waals surface area contributed by atoms with Gasteiger partial charge in [0.1, 0.15) is 12.6 Å². The van der Waals surface area contributed by atoms with Crippen molar-refractivity contribution in [1.29, 1.82) is 0 Å². The molecule has 0 unspecified atom stereocenters. The zero-order valence-electron chi connectivity index (χ0n) is 12.5. The number of rotatable bonds is 3. The molecule has 4 heterocycles. The van der Waals surface area contributed by atoms with E-state index >= 15 is 0 Å². The molecule has 23 heavy (non-hydrogen) atoms. The van der Waals surface area contributed by atoms with Crippen LogP contribution in [0.2, 0.25) is 0 Å². The molecule has 2 fully saturated rings. The predicted octanol–water partition coefficient (Wildman–Crippen LogP) is -0.962. The normalized spacial score (nSPS) is 31.3. The smallest absolute Gasteiger partial charge is 0.167 e. The zero-order valence-corrected chi connectivity index (χ0v) is 12.5. The van der Waals surface area contributed by atoms with E-state index in [9.17, 15) is 15.3 Å². The Morgan fingerprint density at radius 3 is 2.61 bits per heavy atom. The SMILES string of the molecule is OC[C@@H]1CC[C@H](n2cnc3c(N4C[C@H](O)[C@@H](O)C4)ncnc32)O1. The fourth-order valence-electron chi connectivity index (χ4n) is 3.25. The van der Waals surface area contributed by atoms with Gasteiger partial charge in [-0.1, -0.05) is 0 Å². The molecular formula is C14H19N5O4. The molecule has 2 aliphatic heterocycles. The number of aliphatic hydroxyl groups excluding tert-OH is 3. The van der Waals surface area contributed by atoms with E-state index in [0.29, 0.717) is 30.1 Å². The summed E-state index contributed by atoms with van der Waals surface area (Å²) in [6.07, 6.45) is 2.77. The van der Waals surface area contributed by atoms with E-state index in [1.807, 2.05) is 9.47 Å². The molecule has 0 aromatic carbocycles. The second-order valence-electron chi connectivity index (χ2n) is 6.03. The number of nitrogens with zero attached hydrogens (tertiary/aromatic N) is 5. The first-order chi connectivity index (χ1) is 11.2. The maximum atomic E-state index is 9.73. The molecule has 4 rings (SSSR count). The number of fused-ring (bicyclic) bond motifs is 1. The molecule has 0 saturated carbocycles. The van der Waals surface area contributed by atoms with Gasteiger partial charge in [0.2, 0.25) is 0 Å². The summed E-state index contributed by atoms with van der Waals surface area (Å²) in [6, 6.07) is 0. The van der Waals surface area contributed by atoms with Gasteiger partial charge in [-0.05, 0) is 12.8 Å². The summed E-state index contributed by atoms with van der Waals surface area (Å²) in [5, 5.41) is 28.7. The summed E-state index contributed by atoms with van der Waals surface area (Å²) in [5.41, 5.74) is 1.26. The molecule has 0 spiro atoms. The molecule has 9 heteroatoms. The van der Waals surface area contributed by atoms with Crippen LogP contribution in [0, 0.1) is 0 Å². The van der Waals surface area contributed by atoms with Crippen LogP contribution in [0.1, 0.15) is 19.1 Å². The van der Waals surface area contributed by atoms with Crippen LogP contribution in [0.25, 0.3) is 11.2 Å².